The highest BCUT2D eigenvalue weighted by Crippen LogP contribution is 2.23. The van der Waals surface area contributed by atoms with Gasteiger partial charge in [-0.1, -0.05) is 23.2 Å². The van der Waals surface area contributed by atoms with Crippen LogP contribution in [0.25, 0.3) is 0 Å². The molecule has 1 aromatic carbocycles. The lowest BCUT2D eigenvalue weighted by atomic mass is 10.2. The maximum atomic E-state index is 11.3. The minimum absolute atomic E-state index is 0.128. The van der Waals surface area contributed by atoms with Crippen molar-refractivity contribution < 1.29 is 9.59 Å². The largest absolute Gasteiger partial charge is 0.373 e. The first-order valence-corrected chi connectivity index (χ1v) is 5.36. The fourth-order valence-corrected chi connectivity index (χ4v) is 2.03. The summed E-state index contributed by atoms with van der Waals surface area (Å²) in [5, 5.41) is 6.05. The van der Waals surface area contributed by atoms with Crippen LogP contribution in [0, 0.1) is 0 Å². The molecule has 2 N–H and O–H groups in total. The third-order valence-corrected chi connectivity index (χ3v) is 2.61. The van der Waals surface area contributed by atoms with E-state index in [1.54, 1.807) is 18.2 Å². The highest BCUT2D eigenvalue weighted by Gasteiger charge is 2.30. The topological polar surface area (TPSA) is 58.2 Å². The summed E-state index contributed by atoms with van der Waals surface area (Å²) in [6.07, 6.45) is 0.128. The summed E-state index contributed by atoms with van der Waals surface area (Å²) in [5.41, 5.74) is 0.618. The summed E-state index contributed by atoms with van der Waals surface area (Å²) in [6.45, 7) is 0. The predicted octanol–water partition coefficient (Wildman–Crippen LogP) is 1.82. The van der Waals surface area contributed by atoms with Crippen LogP contribution in [0.15, 0.2) is 18.2 Å². The minimum atomic E-state index is -0.554. The second-order valence-corrected chi connectivity index (χ2v) is 4.34. The lowest BCUT2D eigenvalue weighted by Gasteiger charge is -2.11. The van der Waals surface area contributed by atoms with Gasteiger partial charge in [-0.2, -0.15) is 0 Å². The van der Waals surface area contributed by atoms with E-state index in [9.17, 15) is 9.59 Å². The van der Waals surface area contributed by atoms with E-state index in [1.807, 2.05) is 0 Å². The number of nitrogens with one attached hydrogen (secondary N) is 2. The molecule has 1 aromatic rings. The van der Waals surface area contributed by atoms with Crippen molar-refractivity contribution in [3.63, 3.8) is 0 Å². The zero-order valence-electron chi connectivity index (χ0n) is 8.09. The van der Waals surface area contributed by atoms with Gasteiger partial charge in [0.05, 0.1) is 6.42 Å². The molecule has 6 heteroatoms. The van der Waals surface area contributed by atoms with Gasteiger partial charge in [0.15, 0.2) is 0 Å². The van der Waals surface area contributed by atoms with Crippen molar-refractivity contribution in [3.8, 4) is 0 Å². The number of imide groups is 1. The molecule has 2 rings (SSSR count). The highest BCUT2D eigenvalue weighted by molar-refractivity contribution is 6.35. The van der Waals surface area contributed by atoms with E-state index >= 15 is 0 Å². The molecule has 0 radical (unpaired) electrons. The Labute approximate surface area is 102 Å². The number of benzene rings is 1. The van der Waals surface area contributed by atoms with Crippen LogP contribution in [0.5, 0.6) is 0 Å². The fraction of sp³-hybridized carbons (Fsp3) is 0.200. The number of rotatable bonds is 2. The van der Waals surface area contributed by atoms with E-state index in [4.69, 9.17) is 23.2 Å². The Morgan fingerprint density at radius 1 is 1.19 bits per heavy atom. The molecule has 2 amide bonds. The second-order valence-electron chi connectivity index (χ2n) is 3.47. The SMILES string of the molecule is O=C1CC(Nc2cc(Cl)cc(Cl)c2)C(=O)N1. The van der Waals surface area contributed by atoms with Crippen LogP contribution in [-0.2, 0) is 9.59 Å². The number of amides is 2. The molecule has 16 heavy (non-hydrogen) atoms. The van der Waals surface area contributed by atoms with Crippen molar-refractivity contribution in [1.29, 1.82) is 0 Å². The van der Waals surface area contributed by atoms with Gasteiger partial charge in [-0.05, 0) is 18.2 Å². The number of hydrogen-bond acceptors (Lipinski definition) is 3. The maximum absolute atomic E-state index is 11.3. The zero-order chi connectivity index (χ0) is 11.7. The summed E-state index contributed by atoms with van der Waals surface area (Å²) in [7, 11) is 0. The van der Waals surface area contributed by atoms with E-state index in [1.165, 1.54) is 0 Å². The Hall–Kier alpha value is -1.26. The monoisotopic (exact) mass is 258 g/mol. The average molecular weight is 259 g/mol. The van der Waals surface area contributed by atoms with Crippen LogP contribution in [0.1, 0.15) is 6.42 Å². The van der Waals surface area contributed by atoms with Crippen molar-refractivity contribution in [1.82, 2.24) is 5.32 Å². The van der Waals surface area contributed by atoms with Gasteiger partial charge < -0.3 is 5.32 Å². The molecular weight excluding hydrogens is 251 g/mol. The molecular formula is C10H8Cl2N2O2. The van der Waals surface area contributed by atoms with Gasteiger partial charge in [0.1, 0.15) is 6.04 Å². The third kappa shape index (κ3) is 2.46. The Bertz CT molecular complexity index is 442. The molecule has 0 saturated carbocycles. The van der Waals surface area contributed by atoms with Crippen molar-refractivity contribution >= 4 is 40.7 Å². The van der Waals surface area contributed by atoms with Crippen LogP contribution < -0.4 is 10.6 Å². The Balaban J connectivity index is 2.15. The van der Waals surface area contributed by atoms with Crippen molar-refractivity contribution in [2.24, 2.45) is 0 Å². The first-order chi connectivity index (χ1) is 7.54. The van der Waals surface area contributed by atoms with Crippen LogP contribution in [0.4, 0.5) is 5.69 Å². The van der Waals surface area contributed by atoms with Crippen LogP contribution >= 0.6 is 23.2 Å². The first kappa shape index (κ1) is 11.2. The van der Waals surface area contributed by atoms with Gasteiger partial charge in [-0.25, -0.2) is 0 Å². The van der Waals surface area contributed by atoms with Gasteiger partial charge in [-0.3, -0.25) is 14.9 Å². The van der Waals surface area contributed by atoms with Gasteiger partial charge in [-0.15, -0.1) is 0 Å². The maximum Gasteiger partial charge on any atom is 0.249 e. The van der Waals surface area contributed by atoms with Crippen molar-refractivity contribution in [2.75, 3.05) is 5.32 Å². The van der Waals surface area contributed by atoms with E-state index in [-0.39, 0.29) is 18.2 Å². The number of carbonyl (C=O) groups excluding carboxylic acids is 2. The second kappa shape index (κ2) is 4.31. The van der Waals surface area contributed by atoms with E-state index < -0.39 is 6.04 Å². The zero-order valence-corrected chi connectivity index (χ0v) is 9.60. The van der Waals surface area contributed by atoms with Crippen LogP contribution in [0.2, 0.25) is 10.0 Å². The number of halogens is 2. The Morgan fingerprint density at radius 3 is 2.31 bits per heavy atom. The minimum Gasteiger partial charge on any atom is -0.373 e. The van der Waals surface area contributed by atoms with Crippen LogP contribution in [-0.4, -0.2) is 17.9 Å². The third-order valence-electron chi connectivity index (χ3n) is 2.17. The smallest absolute Gasteiger partial charge is 0.249 e. The molecule has 1 saturated heterocycles. The molecule has 1 aliphatic rings. The van der Waals surface area contributed by atoms with Gasteiger partial charge >= 0.3 is 0 Å². The van der Waals surface area contributed by atoms with Gasteiger partial charge in [0.2, 0.25) is 11.8 Å². The Kier molecular flexibility index (Phi) is 3.03. The average Bonchev–Trinajstić information content (AvgIpc) is 2.43. The van der Waals surface area contributed by atoms with Crippen molar-refractivity contribution in [3.05, 3.63) is 28.2 Å². The van der Waals surface area contributed by atoms with E-state index in [0.717, 1.165) is 0 Å². The predicted molar refractivity (Wildman–Crippen MR) is 61.6 cm³/mol. The molecule has 1 heterocycles. The molecule has 84 valence electrons. The summed E-state index contributed by atoms with van der Waals surface area (Å²) in [4.78, 5) is 22.3. The molecule has 1 fully saturated rings. The molecule has 0 aromatic heterocycles. The molecule has 1 aliphatic heterocycles. The number of carbonyl (C=O) groups is 2. The molecule has 1 atom stereocenters. The normalized spacial score (nSPS) is 19.8. The number of hydrogen-bond donors (Lipinski definition) is 2. The summed E-state index contributed by atoms with van der Waals surface area (Å²) < 4.78 is 0. The molecule has 0 spiro atoms. The summed E-state index contributed by atoms with van der Waals surface area (Å²) in [5.74, 6) is -0.614. The quantitative estimate of drug-likeness (QED) is 0.796. The molecule has 1 unspecified atom stereocenters. The Morgan fingerprint density at radius 2 is 1.81 bits per heavy atom. The summed E-state index contributed by atoms with van der Waals surface area (Å²) >= 11 is 11.6. The standard InChI is InChI=1S/C10H8Cl2N2O2/c11-5-1-6(12)3-7(2-5)13-8-4-9(15)14-10(8)16/h1-3,8,13H,4H2,(H,14,15,16). The number of anilines is 1. The van der Waals surface area contributed by atoms with Crippen molar-refractivity contribution in [2.45, 2.75) is 12.5 Å². The molecule has 0 aliphatic carbocycles. The van der Waals surface area contributed by atoms with Gasteiger partial charge in [0.25, 0.3) is 0 Å². The fourth-order valence-electron chi connectivity index (χ4n) is 1.51. The first-order valence-electron chi connectivity index (χ1n) is 4.61. The molecule has 4 nitrogen and oxygen atoms in total. The van der Waals surface area contributed by atoms with Gasteiger partial charge in [0, 0.05) is 15.7 Å². The molecule has 0 bridgehead atoms. The van der Waals surface area contributed by atoms with E-state index in [0.29, 0.717) is 15.7 Å². The highest BCUT2D eigenvalue weighted by atomic mass is 35.5. The van der Waals surface area contributed by atoms with E-state index in [2.05, 4.69) is 10.6 Å². The summed E-state index contributed by atoms with van der Waals surface area (Å²) in [6, 6.07) is 4.32. The lowest BCUT2D eigenvalue weighted by molar-refractivity contribution is -0.124. The lowest BCUT2D eigenvalue weighted by Crippen LogP contribution is -2.29. The van der Waals surface area contributed by atoms with Crippen LogP contribution in [0.3, 0.4) is 0 Å².